The molecule has 1 amide bonds. The van der Waals surface area contributed by atoms with Gasteiger partial charge < -0.3 is 14.2 Å². The van der Waals surface area contributed by atoms with E-state index in [4.69, 9.17) is 31.0 Å². The second-order valence-electron chi connectivity index (χ2n) is 5.04. The van der Waals surface area contributed by atoms with E-state index < -0.39 is 21.8 Å². The molecule has 0 radical (unpaired) electrons. The molecule has 0 saturated carbocycles. The summed E-state index contributed by atoms with van der Waals surface area (Å²) in [4.78, 5) is 13.9. The van der Waals surface area contributed by atoms with Crippen LogP contribution in [-0.4, -0.2) is 61.7 Å². The molecule has 1 saturated heterocycles. The third kappa shape index (κ3) is 4.47. The Hall–Kier alpha value is -1.82. The molecule has 11 heteroatoms. The lowest BCUT2D eigenvalue weighted by Gasteiger charge is -2.14. The van der Waals surface area contributed by atoms with E-state index in [2.05, 4.69) is 0 Å². The van der Waals surface area contributed by atoms with E-state index in [-0.39, 0.29) is 10.9 Å². The summed E-state index contributed by atoms with van der Waals surface area (Å²) in [7, 11) is 0.238. The molecule has 1 aliphatic heterocycles. The molecule has 1 heterocycles. The van der Waals surface area contributed by atoms with Gasteiger partial charge in [-0.1, -0.05) is 24.0 Å². The molecule has 142 valence electrons. The molecule has 0 aliphatic carbocycles. The molecule has 0 atom stereocenters. The minimum absolute atomic E-state index is 0.212. The van der Waals surface area contributed by atoms with Gasteiger partial charge in [-0.2, -0.15) is 8.42 Å². The van der Waals surface area contributed by atoms with Crippen molar-refractivity contribution in [3.8, 4) is 17.2 Å². The SMILES string of the molecule is COc1ccc(C=C2SC(=S)N(CCS(=O)(=O)O)C2=O)c(OC)c1OC. The predicted molar refractivity (Wildman–Crippen MR) is 102 cm³/mol. The number of thiocarbonyl (C=S) groups is 1. The van der Waals surface area contributed by atoms with E-state index in [1.165, 1.54) is 21.3 Å². The van der Waals surface area contributed by atoms with Gasteiger partial charge in [0.15, 0.2) is 11.5 Å². The third-order valence-electron chi connectivity index (χ3n) is 3.47. The van der Waals surface area contributed by atoms with Gasteiger partial charge in [0.1, 0.15) is 4.32 Å². The Morgan fingerprint density at radius 2 is 1.85 bits per heavy atom. The minimum Gasteiger partial charge on any atom is -0.493 e. The fraction of sp³-hybridized carbons (Fsp3) is 0.333. The van der Waals surface area contributed by atoms with E-state index in [0.29, 0.717) is 27.7 Å². The highest BCUT2D eigenvalue weighted by Crippen LogP contribution is 2.42. The number of carbonyl (C=O) groups is 1. The van der Waals surface area contributed by atoms with E-state index in [0.717, 1.165) is 16.7 Å². The van der Waals surface area contributed by atoms with Crippen LogP contribution in [0.1, 0.15) is 5.56 Å². The quantitative estimate of drug-likeness (QED) is 0.403. The zero-order valence-electron chi connectivity index (χ0n) is 14.2. The Labute approximate surface area is 160 Å². The Bertz CT molecular complexity index is 864. The molecule has 26 heavy (non-hydrogen) atoms. The summed E-state index contributed by atoms with van der Waals surface area (Å²) in [5.41, 5.74) is 0.570. The van der Waals surface area contributed by atoms with Gasteiger partial charge in [0, 0.05) is 12.1 Å². The monoisotopic (exact) mass is 419 g/mol. The van der Waals surface area contributed by atoms with Crippen LogP contribution in [-0.2, 0) is 14.9 Å². The molecule has 0 spiro atoms. The zero-order chi connectivity index (χ0) is 19.5. The van der Waals surface area contributed by atoms with Gasteiger partial charge >= 0.3 is 0 Å². The Morgan fingerprint density at radius 3 is 2.38 bits per heavy atom. The molecule has 1 N–H and O–H groups in total. The van der Waals surface area contributed by atoms with Crippen molar-refractivity contribution < 1.29 is 32.0 Å². The number of benzene rings is 1. The van der Waals surface area contributed by atoms with Crippen LogP contribution in [0.25, 0.3) is 6.08 Å². The second kappa shape index (κ2) is 8.25. The molecule has 0 bridgehead atoms. The van der Waals surface area contributed by atoms with Crippen LogP contribution in [0.4, 0.5) is 0 Å². The lowest BCUT2D eigenvalue weighted by Crippen LogP contribution is -2.32. The molecule has 1 fully saturated rings. The van der Waals surface area contributed by atoms with Crippen molar-refractivity contribution in [2.75, 3.05) is 33.6 Å². The van der Waals surface area contributed by atoms with Gasteiger partial charge in [0.2, 0.25) is 5.75 Å². The van der Waals surface area contributed by atoms with Crippen LogP contribution >= 0.6 is 24.0 Å². The van der Waals surface area contributed by atoms with Gasteiger partial charge in [-0.25, -0.2) is 0 Å². The summed E-state index contributed by atoms with van der Waals surface area (Å²) in [5.74, 6) is 0.204. The fourth-order valence-electron chi connectivity index (χ4n) is 2.28. The Kier molecular flexibility index (Phi) is 6.50. The molecule has 1 aliphatic rings. The first kappa shape index (κ1) is 20.5. The number of rotatable bonds is 7. The molecule has 1 aromatic carbocycles. The number of hydrogen-bond donors (Lipinski definition) is 1. The highest BCUT2D eigenvalue weighted by atomic mass is 32.2. The number of methoxy groups -OCH3 is 3. The summed E-state index contributed by atoms with van der Waals surface area (Å²) in [6.45, 7) is -0.218. The first-order chi connectivity index (χ1) is 12.2. The minimum atomic E-state index is -4.19. The number of thioether (sulfide) groups is 1. The summed E-state index contributed by atoms with van der Waals surface area (Å²) < 4.78 is 46.8. The smallest absolute Gasteiger partial charge is 0.266 e. The topological polar surface area (TPSA) is 102 Å². The Morgan fingerprint density at radius 1 is 1.19 bits per heavy atom. The van der Waals surface area contributed by atoms with Crippen molar-refractivity contribution in [2.24, 2.45) is 0 Å². The van der Waals surface area contributed by atoms with Gasteiger partial charge in [0.25, 0.3) is 16.0 Å². The molecular weight excluding hydrogens is 402 g/mol. The van der Waals surface area contributed by atoms with Crippen LogP contribution in [0.5, 0.6) is 17.2 Å². The first-order valence-corrected chi connectivity index (χ1v) is 10.0. The lowest BCUT2D eigenvalue weighted by molar-refractivity contribution is -0.121. The normalized spacial score (nSPS) is 16.3. The summed E-state index contributed by atoms with van der Waals surface area (Å²) in [6.07, 6.45) is 1.58. The van der Waals surface area contributed by atoms with Gasteiger partial charge in [0.05, 0.1) is 32.0 Å². The van der Waals surface area contributed by atoms with Crippen LogP contribution in [0, 0.1) is 0 Å². The average Bonchev–Trinajstić information content (AvgIpc) is 2.85. The summed E-state index contributed by atoms with van der Waals surface area (Å²) in [6, 6.07) is 3.37. The number of nitrogens with zero attached hydrogens (tertiary/aromatic N) is 1. The maximum atomic E-state index is 12.5. The first-order valence-electron chi connectivity index (χ1n) is 7.21. The zero-order valence-corrected chi connectivity index (χ0v) is 16.7. The number of hydrogen-bond acceptors (Lipinski definition) is 8. The van der Waals surface area contributed by atoms with E-state index >= 15 is 0 Å². The van der Waals surface area contributed by atoms with Crippen molar-refractivity contribution in [3.63, 3.8) is 0 Å². The maximum absolute atomic E-state index is 12.5. The largest absolute Gasteiger partial charge is 0.493 e. The molecule has 0 aromatic heterocycles. The molecule has 1 aromatic rings. The van der Waals surface area contributed by atoms with Crippen molar-refractivity contribution in [1.29, 1.82) is 0 Å². The van der Waals surface area contributed by atoms with Crippen LogP contribution in [0.15, 0.2) is 17.0 Å². The van der Waals surface area contributed by atoms with Gasteiger partial charge in [-0.15, -0.1) is 0 Å². The molecule has 8 nitrogen and oxygen atoms in total. The standard InChI is InChI=1S/C15H17NO7S3/c1-21-10-5-4-9(12(22-2)13(10)23-3)8-11-14(17)16(15(24)25-11)6-7-26(18,19)20/h4-5,8H,6-7H2,1-3H3,(H,18,19,20). The predicted octanol–water partition coefficient (Wildman–Crippen LogP) is 1.80. The van der Waals surface area contributed by atoms with Crippen LogP contribution in [0.2, 0.25) is 0 Å². The highest BCUT2D eigenvalue weighted by Gasteiger charge is 2.33. The van der Waals surface area contributed by atoms with Crippen molar-refractivity contribution in [2.45, 2.75) is 0 Å². The maximum Gasteiger partial charge on any atom is 0.266 e. The second-order valence-corrected chi connectivity index (χ2v) is 8.29. The van der Waals surface area contributed by atoms with E-state index in [1.54, 1.807) is 18.2 Å². The summed E-state index contributed by atoms with van der Waals surface area (Å²) in [5, 5.41) is 0. The van der Waals surface area contributed by atoms with Gasteiger partial charge in [-0.05, 0) is 18.2 Å². The van der Waals surface area contributed by atoms with Crippen LogP contribution < -0.4 is 14.2 Å². The number of carbonyl (C=O) groups excluding carboxylic acids is 1. The van der Waals surface area contributed by atoms with Crippen molar-refractivity contribution >= 4 is 50.4 Å². The molecule has 0 unspecified atom stereocenters. The Balaban J connectivity index is 2.36. The number of amides is 1. The highest BCUT2D eigenvalue weighted by molar-refractivity contribution is 8.26. The van der Waals surface area contributed by atoms with Crippen molar-refractivity contribution in [1.82, 2.24) is 4.90 Å². The molecular formula is C15H17NO7S3. The van der Waals surface area contributed by atoms with Crippen molar-refractivity contribution in [3.05, 3.63) is 22.6 Å². The lowest BCUT2D eigenvalue weighted by atomic mass is 10.1. The van der Waals surface area contributed by atoms with E-state index in [1.807, 2.05) is 0 Å². The van der Waals surface area contributed by atoms with Crippen LogP contribution in [0.3, 0.4) is 0 Å². The third-order valence-corrected chi connectivity index (χ3v) is 5.54. The van der Waals surface area contributed by atoms with E-state index in [9.17, 15) is 13.2 Å². The fourth-order valence-corrected chi connectivity index (χ4v) is 3.99. The number of ether oxygens (including phenoxy) is 3. The van der Waals surface area contributed by atoms with Gasteiger partial charge in [-0.3, -0.25) is 14.2 Å². The summed E-state index contributed by atoms with van der Waals surface area (Å²) >= 11 is 6.16. The average molecular weight is 420 g/mol. The molecule has 2 rings (SSSR count).